The van der Waals surface area contributed by atoms with Crippen LogP contribution >= 0.6 is 7.82 Å². The van der Waals surface area contributed by atoms with Gasteiger partial charge in [0.15, 0.2) is 0 Å². The van der Waals surface area contributed by atoms with Gasteiger partial charge < -0.3 is 9.47 Å². The summed E-state index contributed by atoms with van der Waals surface area (Å²) < 4.78 is 30.7. The van der Waals surface area contributed by atoms with E-state index in [1.54, 1.807) is 68.6 Å². The van der Waals surface area contributed by atoms with Crippen molar-refractivity contribution in [3.05, 3.63) is 73.6 Å². The lowest BCUT2D eigenvalue weighted by atomic mass is 10.0. The van der Waals surface area contributed by atoms with Crippen LogP contribution in [0.5, 0.6) is 0 Å². The monoisotopic (exact) mass is 546 g/mol. The normalized spacial score (nSPS) is 11.3. The van der Waals surface area contributed by atoms with E-state index < -0.39 is 7.82 Å². The first-order chi connectivity index (χ1) is 18.8. The van der Waals surface area contributed by atoms with Gasteiger partial charge >= 0.3 is 7.82 Å². The van der Waals surface area contributed by atoms with Gasteiger partial charge in [-0.2, -0.15) is 5.26 Å². The molecule has 0 saturated carbocycles. The number of nitrogens with zero attached hydrogens (tertiary/aromatic N) is 6. The zero-order chi connectivity index (χ0) is 28.0. The summed E-state index contributed by atoms with van der Waals surface area (Å²) >= 11 is 0. The van der Waals surface area contributed by atoms with Crippen LogP contribution in [0.1, 0.15) is 19.5 Å². The van der Waals surface area contributed by atoms with E-state index in [1.807, 2.05) is 12.1 Å². The third-order valence-electron chi connectivity index (χ3n) is 5.78. The maximum Gasteiger partial charge on any atom is 0.476 e. The molecule has 0 N–H and O–H groups in total. The highest BCUT2D eigenvalue weighted by atomic mass is 31.2. The zero-order valence-electron chi connectivity index (χ0n) is 21.8. The summed E-state index contributed by atoms with van der Waals surface area (Å²) in [6.07, 6.45) is 9.53. The Morgan fingerprint density at radius 1 is 1.10 bits per heavy atom. The molecule has 4 aromatic rings. The fourth-order valence-electron chi connectivity index (χ4n) is 3.91. The Labute approximate surface area is 225 Å². The fraction of sp³-hybridized carbons (Fsp3) is 0.222. The molecule has 0 fully saturated rings. The second-order valence-electron chi connectivity index (χ2n) is 8.22. The van der Waals surface area contributed by atoms with E-state index in [-0.39, 0.29) is 31.5 Å². The molecule has 0 spiro atoms. The Bertz CT molecular complexity index is 1600. The average molecular weight is 547 g/mol. The van der Waals surface area contributed by atoms with E-state index in [0.29, 0.717) is 11.3 Å². The van der Waals surface area contributed by atoms with Crippen molar-refractivity contribution in [3.63, 3.8) is 0 Å². The summed E-state index contributed by atoms with van der Waals surface area (Å²) in [7, 11) is -2.13. The molecule has 0 unspecified atom stereocenters. The van der Waals surface area contributed by atoms with Crippen LogP contribution in [0.3, 0.4) is 0 Å². The number of nitriles is 1. The van der Waals surface area contributed by atoms with E-state index in [4.69, 9.17) is 13.6 Å². The highest BCUT2D eigenvalue weighted by Crippen LogP contribution is 2.49. The third kappa shape index (κ3) is 6.11. The highest BCUT2D eigenvalue weighted by molar-refractivity contribution is 7.48. The molecular weight excluding hydrogens is 519 g/mol. The summed E-state index contributed by atoms with van der Waals surface area (Å²) in [4.78, 5) is 26.6. The average Bonchev–Trinajstić information content (AvgIpc) is 3.33. The molecule has 4 aromatic heterocycles. The standard InChI is InChI=1S/C27H27N6O5P/c1-5-26(34)32(4)23-11-20(14-29-16-23)21-12-24-25(19-8-9-30-22(10-19)13-28)17-33(27(24)31-15-21)18-38-39(35,36-6-2)37-7-3/h5,8-12,14-17H,1,6-7,18H2,2-4H3. The number of likely N-dealkylation sites (N-methyl/N-ethyl adjacent to an activating group) is 1. The lowest BCUT2D eigenvalue weighted by molar-refractivity contribution is -0.113. The molecule has 4 heterocycles. The van der Waals surface area contributed by atoms with Gasteiger partial charge in [0, 0.05) is 53.9 Å². The molecule has 200 valence electrons. The van der Waals surface area contributed by atoms with E-state index >= 15 is 0 Å². The van der Waals surface area contributed by atoms with Gasteiger partial charge in [0.2, 0.25) is 5.91 Å². The van der Waals surface area contributed by atoms with Crippen LogP contribution in [-0.4, -0.2) is 45.7 Å². The van der Waals surface area contributed by atoms with Gasteiger partial charge in [-0.1, -0.05) is 6.58 Å². The molecule has 0 atom stereocenters. The number of hydrogen-bond donors (Lipinski definition) is 0. The number of phosphoric acid groups is 1. The summed E-state index contributed by atoms with van der Waals surface area (Å²) in [6, 6.07) is 9.29. The number of anilines is 1. The van der Waals surface area contributed by atoms with Gasteiger partial charge in [-0.05, 0) is 49.8 Å². The Balaban J connectivity index is 1.81. The molecule has 0 aromatic carbocycles. The van der Waals surface area contributed by atoms with Crippen LogP contribution in [-0.2, 0) is 29.7 Å². The summed E-state index contributed by atoms with van der Waals surface area (Å²) in [5.41, 5.74) is 4.40. The second kappa shape index (κ2) is 12.1. The van der Waals surface area contributed by atoms with Gasteiger partial charge in [0.1, 0.15) is 24.1 Å². The number of hydrogen-bond acceptors (Lipinski definition) is 9. The Morgan fingerprint density at radius 2 is 1.85 bits per heavy atom. The molecule has 0 bridgehead atoms. The van der Waals surface area contributed by atoms with Crippen LogP contribution in [0.2, 0.25) is 0 Å². The number of pyridine rings is 3. The molecule has 4 rings (SSSR count). The maximum atomic E-state index is 12.9. The van der Waals surface area contributed by atoms with Gasteiger partial charge in [0.05, 0.1) is 25.1 Å². The van der Waals surface area contributed by atoms with Crippen molar-refractivity contribution in [2.45, 2.75) is 20.6 Å². The lowest BCUT2D eigenvalue weighted by Gasteiger charge is -2.17. The van der Waals surface area contributed by atoms with Gasteiger partial charge in [-0.15, -0.1) is 0 Å². The number of aromatic nitrogens is 4. The lowest BCUT2D eigenvalue weighted by Crippen LogP contribution is -2.23. The molecule has 39 heavy (non-hydrogen) atoms. The van der Waals surface area contributed by atoms with E-state index in [0.717, 1.165) is 27.6 Å². The first-order valence-corrected chi connectivity index (χ1v) is 13.5. The van der Waals surface area contributed by atoms with Crippen molar-refractivity contribution in [1.82, 2.24) is 19.5 Å². The number of amides is 1. The number of carbonyl (C=O) groups excluding carboxylic acids is 1. The topological polar surface area (TPSA) is 132 Å². The number of rotatable bonds is 11. The van der Waals surface area contributed by atoms with Crippen LogP contribution in [0, 0.1) is 11.3 Å². The number of fused-ring (bicyclic) bond motifs is 1. The fourth-order valence-corrected chi connectivity index (χ4v) is 5.03. The van der Waals surface area contributed by atoms with Crippen LogP contribution in [0.4, 0.5) is 5.69 Å². The van der Waals surface area contributed by atoms with Crippen molar-refractivity contribution in [2.75, 3.05) is 25.2 Å². The minimum atomic E-state index is -3.77. The molecule has 0 aliphatic rings. The van der Waals surface area contributed by atoms with Crippen molar-refractivity contribution >= 4 is 30.5 Å². The van der Waals surface area contributed by atoms with Crippen LogP contribution < -0.4 is 4.90 Å². The summed E-state index contributed by atoms with van der Waals surface area (Å²) in [6.45, 7) is 7.10. The van der Waals surface area contributed by atoms with E-state index in [1.165, 1.54) is 11.0 Å². The van der Waals surface area contributed by atoms with Gasteiger partial charge in [-0.25, -0.2) is 14.5 Å². The Hall–Kier alpha value is -4.20. The third-order valence-corrected chi connectivity index (χ3v) is 7.36. The Kier molecular flexibility index (Phi) is 8.64. The minimum Gasteiger partial charge on any atom is -0.310 e. The number of phosphoric ester groups is 1. The van der Waals surface area contributed by atoms with E-state index in [2.05, 4.69) is 27.6 Å². The molecule has 0 radical (unpaired) electrons. The van der Waals surface area contributed by atoms with Crippen LogP contribution in [0.15, 0.2) is 67.9 Å². The first kappa shape index (κ1) is 27.8. The van der Waals surface area contributed by atoms with Gasteiger partial charge in [-0.3, -0.25) is 23.3 Å². The molecule has 0 aliphatic carbocycles. The van der Waals surface area contributed by atoms with Crippen LogP contribution in [0.25, 0.3) is 33.3 Å². The van der Waals surface area contributed by atoms with E-state index in [9.17, 15) is 14.6 Å². The van der Waals surface area contributed by atoms with Crippen molar-refractivity contribution in [1.29, 1.82) is 5.26 Å². The SMILES string of the molecule is C=CC(=O)N(C)c1cncc(-c2cnc3c(c2)c(-c2ccnc(C#N)c2)cn3COP(=O)(OCC)OCC)c1. The maximum absolute atomic E-state index is 12.9. The van der Waals surface area contributed by atoms with Crippen molar-refractivity contribution in [3.8, 4) is 28.3 Å². The first-order valence-electron chi connectivity index (χ1n) is 12.1. The second-order valence-corrected chi connectivity index (χ2v) is 9.89. The molecule has 1 amide bonds. The molecule has 12 heteroatoms. The molecular formula is C27H27N6O5P. The molecule has 0 aliphatic heterocycles. The minimum absolute atomic E-state index is 0.151. The van der Waals surface area contributed by atoms with Gasteiger partial charge in [0.25, 0.3) is 0 Å². The molecule has 0 saturated heterocycles. The van der Waals surface area contributed by atoms with Crippen molar-refractivity contribution in [2.24, 2.45) is 0 Å². The quantitative estimate of drug-likeness (QED) is 0.181. The summed E-state index contributed by atoms with van der Waals surface area (Å²) in [5, 5.41) is 10.1. The zero-order valence-corrected chi connectivity index (χ0v) is 22.7. The largest absolute Gasteiger partial charge is 0.476 e. The number of carbonyl (C=O) groups is 1. The smallest absolute Gasteiger partial charge is 0.310 e. The predicted molar refractivity (Wildman–Crippen MR) is 146 cm³/mol. The molecule has 11 nitrogen and oxygen atoms in total. The highest BCUT2D eigenvalue weighted by Gasteiger charge is 2.26. The van der Waals surface area contributed by atoms with Crippen molar-refractivity contribution < 1.29 is 22.9 Å². The summed E-state index contributed by atoms with van der Waals surface area (Å²) in [5.74, 6) is -0.260. The predicted octanol–water partition coefficient (Wildman–Crippen LogP) is 5.34. The Morgan fingerprint density at radius 3 is 2.54 bits per heavy atom.